The van der Waals surface area contributed by atoms with Gasteiger partial charge in [-0.2, -0.15) is 32.1 Å². The van der Waals surface area contributed by atoms with Crippen LogP contribution in [0.1, 0.15) is 78.1 Å². The predicted molar refractivity (Wildman–Crippen MR) is 190 cm³/mol. The number of halogens is 8. The zero-order valence-electron chi connectivity index (χ0n) is 30.6. The minimum atomic E-state index is -5.08. The third-order valence-electron chi connectivity index (χ3n) is 9.91. The van der Waals surface area contributed by atoms with Crippen LogP contribution in [0.2, 0.25) is 0 Å². The molecule has 0 radical (unpaired) electrons. The van der Waals surface area contributed by atoms with Gasteiger partial charge in [-0.05, 0) is 80.5 Å². The first kappa shape index (κ1) is 40.1. The highest BCUT2D eigenvalue weighted by Crippen LogP contribution is 2.68. The third kappa shape index (κ3) is 7.91. The number of aromatic nitrogens is 5. The SMILES string of the molecule is Cn1nc(CS(C)(=O)=O)c2c(F)ccc(-c3ccc(C#CC(C)(C)O)nc3[C@@H](CC(=O)Cn3nc(C(F)(F)F)c4c3C(F)(F)[C@@H]3C[C@H]43)Cc3cc(F)cc(F)c3)c21. The van der Waals surface area contributed by atoms with Gasteiger partial charge in [-0.15, -0.1) is 0 Å². The minimum absolute atomic E-state index is 0.0163. The second-order valence-electron chi connectivity index (χ2n) is 15.2. The number of hydrogen-bond donors (Lipinski definition) is 1. The Morgan fingerprint density at radius 1 is 1.04 bits per heavy atom. The van der Waals surface area contributed by atoms with Crippen molar-refractivity contribution < 1.29 is 53.4 Å². The lowest BCUT2D eigenvalue weighted by molar-refractivity contribution is -0.142. The van der Waals surface area contributed by atoms with E-state index in [1.54, 1.807) is 0 Å². The minimum Gasteiger partial charge on any atom is -0.378 e. The molecule has 57 heavy (non-hydrogen) atoms. The molecule has 3 heterocycles. The number of benzene rings is 2. The van der Waals surface area contributed by atoms with E-state index in [1.165, 1.54) is 43.8 Å². The number of rotatable bonds is 10. The Kier molecular flexibility index (Phi) is 9.67. The molecule has 9 nitrogen and oxygen atoms in total. The summed E-state index contributed by atoms with van der Waals surface area (Å²) in [6.45, 7) is 1.81. The van der Waals surface area contributed by atoms with Gasteiger partial charge in [0.25, 0.3) is 5.92 Å². The largest absolute Gasteiger partial charge is 0.435 e. The van der Waals surface area contributed by atoms with Crippen molar-refractivity contribution >= 4 is 26.5 Å². The maximum atomic E-state index is 15.5. The molecular formula is C39H33F8N5O4S. The summed E-state index contributed by atoms with van der Waals surface area (Å²) in [7, 11) is -2.25. The summed E-state index contributed by atoms with van der Waals surface area (Å²) < 4.78 is 144. The summed E-state index contributed by atoms with van der Waals surface area (Å²) in [5.74, 6) is -6.17. The van der Waals surface area contributed by atoms with E-state index in [4.69, 9.17) is 0 Å². The van der Waals surface area contributed by atoms with E-state index in [2.05, 4.69) is 27.0 Å². The number of hydrogen-bond acceptors (Lipinski definition) is 7. The molecule has 0 aliphatic heterocycles. The number of aryl methyl sites for hydroxylation is 1. The zero-order chi connectivity index (χ0) is 41.6. The molecule has 7 rings (SSSR count). The van der Waals surface area contributed by atoms with Crippen molar-refractivity contribution in [3.05, 3.63) is 99.5 Å². The van der Waals surface area contributed by atoms with E-state index < -0.39 is 104 Å². The number of aliphatic hydroxyl groups is 1. The molecule has 0 bridgehead atoms. The first-order valence-electron chi connectivity index (χ1n) is 17.5. The predicted octanol–water partition coefficient (Wildman–Crippen LogP) is 7.13. The number of Topliss-reactive ketones (excluding diaryl/α,β-unsaturated/α-hetero) is 1. The van der Waals surface area contributed by atoms with Crippen molar-refractivity contribution in [1.29, 1.82) is 0 Å². The number of alkyl halides is 5. The standard InChI is InChI=1S/C39H33F8N5O4S/c1-37(2,54)10-9-23-5-6-25(26-7-8-29(42)32-30(18-57(4,55)56)49-51(3)34(26)32)33(48-23)20(11-19-12-21(40)15-22(41)13-19)14-24(53)17-52-36-31(35(50-52)39(45,46)47)27-16-28(27)38(36,43)44/h5-8,12-13,15,20,27-28,54H,11,14,16-18H2,1-4H3/t20-,27+,28-/m1/s1. The molecule has 3 atom stereocenters. The van der Waals surface area contributed by atoms with Gasteiger partial charge < -0.3 is 5.11 Å². The Morgan fingerprint density at radius 3 is 2.33 bits per heavy atom. The molecule has 0 spiro atoms. The number of nitrogens with zero attached hydrogens (tertiary/aromatic N) is 5. The van der Waals surface area contributed by atoms with Crippen LogP contribution < -0.4 is 0 Å². The van der Waals surface area contributed by atoms with Gasteiger partial charge in [-0.3, -0.25) is 14.2 Å². The topological polar surface area (TPSA) is 120 Å². The van der Waals surface area contributed by atoms with Gasteiger partial charge in [-0.1, -0.05) is 5.92 Å². The highest BCUT2D eigenvalue weighted by Gasteiger charge is 2.68. The van der Waals surface area contributed by atoms with Crippen LogP contribution in [0, 0.1) is 35.2 Å². The number of carbonyl (C=O) groups is 1. The number of ketones is 1. The highest BCUT2D eigenvalue weighted by molar-refractivity contribution is 7.89. The quantitative estimate of drug-likeness (QED) is 0.118. The van der Waals surface area contributed by atoms with Crippen molar-refractivity contribution in [2.45, 2.75) is 74.9 Å². The molecule has 0 amide bonds. The Hall–Kier alpha value is -5.15. The van der Waals surface area contributed by atoms with E-state index in [1.807, 2.05) is 0 Å². The van der Waals surface area contributed by atoms with Crippen LogP contribution in [0.3, 0.4) is 0 Å². The molecule has 300 valence electrons. The molecule has 3 aromatic heterocycles. The lowest BCUT2D eigenvalue weighted by Gasteiger charge is -2.21. The summed E-state index contributed by atoms with van der Waals surface area (Å²) in [4.78, 5) is 18.7. The summed E-state index contributed by atoms with van der Waals surface area (Å²) in [5, 5.41) is 17.9. The van der Waals surface area contributed by atoms with Gasteiger partial charge in [0.15, 0.2) is 21.3 Å². The molecule has 0 unspecified atom stereocenters. The van der Waals surface area contributed by atoms with E-state index in [0.29, 0.717) is 10.7 Å². The third-order valence-corrected chi connectivity index (χ3v) is 10.7. The molecular weight excluding hydrogens is 787 g/mol. The summed E-state index contributed by atoms with van der Waals surface area (Å²) in [6.07, 6.45) is -5.24. The smallest absolute Gasteiger partial charge is 0.378 e. The Morgan fingerprint density at radius 2 is 1.70 bits per heavy atom. The lowest BCUT2D eigenvalue weighted by atomic mass is 9.86. The highest BCUT2D eigenvalue weighted by atomic mass is 32.2. The van der Waals surface area contributed by atoms with Crippen LogP contribution in [0.15, 0.2) is 42.5 Å². The van der Waals surface area contributed by atoms with Crippen molar-refractivity contribution in [3.63, 3.8) is 0 Å². The van der Waals surface area contributed by atoms with Crippen LogP contribution in [0.4, 0.5) is 35.1 Å². The molecule has 1 saturated carbocycles. The summed E-state index contributed by atoms with van der Waals surface area (Å²) >= 11 is 0. The van der Waals surface area contributed by atoms with E-state index in [0.717, 1.165) is 24.5 Å². The Bertz CT molecular complexity index is 2630. The maximum absolute atomic E-state index is 15.5. The second kappa shape index (κ2) is 13.8. The van der Waals surface area contributed by atoms with Gasteiger partial charge in [0.05, 0.1) is 28.0 Å². The zero-order valence-corrected chi connectivity index (χ0v) is 31.5. The molecule has 1 fully saturated rings. The fourth-order valence-corrected chi connectivity index (χ4v) is 8.40. The van der Waals surface area contributed by atoms with Crippen LogP contribution in [0.5, 0.6) is 0 Å². The molecule has 2 aliphatic rings. The molecule has 2 aromatic carbocycles. The summed E-state index contributed by atoms with van der Waals surface area (Å²) in [6, 6.07) is 7.98. The van der Waals surface area contributed by atoms with Crippen LogP contribution >= 0.6 is 0 Å². The maximum Gasteiger partial charge on any atom is 0.435 e. The normalized spacial score (nSPS) is 17.9. The van der Waals surface area contributed by atoms with Gasteiger partial charge >= 0.3 is 6.18 Å². The molecule has 1 N–H and O–H groups in total. The first-order valence-corrected chi connectivity index (χ1v) is 19.6. The van der Waals surface area contributed by atoms with Crippen LogP contribution in [-0.4, -0.2) is 55.7 Å². The number of pyridine rings is 1. The molecule has 18 heteroatoms. The number of fused-ring (bicyclic) bond motifs is 4. The first-order chi connectivity index (χ1) is 26.4. The van der Waals surface area contributed by atoms with Crippen molar-refractivity contribution in [2.75, 3.05) is 6.26 Å². The van der Waals surface area contributed by atoms with Crippen LogP contribution in [-0.2, 0) is 52.5 Å². The van der Waals surface area contributed by atoms with Gasteiger partial charge in [0.2, 0.25) is 0 Å². The Balaban J connectivity index is 1.39. The van der Waals surface area contributed by atoms with Crippen molar-refractivity contribution in [2.24, 2.45) is 13.0 Å². The van der Waals surface area contributed by atoms with Gasteiger partial charge in [-0.25, -0.2) is 26.6 Å². The second-order valence-corrected chi connectivity index (χ2v) is 17.3. The van der Waals surface area contributed by atoms with Gasteiger partial charge in [0, 0.05) is 54.3 Å². The number of sulfone groups is 1. The Labute approximate surface area is 320 Å². The van der Waals surface area contributed by atoms with Crippen LogP contribution in [0.25, 0.3) is 22.0 Å². The van der Waals surface area contributed by atoms with Crippen molar-refractivity contribution in [1.82, 2.24) is 24.5 Å². The van der Waals surface area contributed by atoms with E-state index >= 15 is 13.2 Å². The fraction of sp³-hybridized carbons (Fsp3) is 0.385. The fourth-order valence-electron chi connectivity index (χ4n) is 7.70. The summed E-state index contributed by atoms with van der Waals surface area (Å²) in [5.41, 5.74) is -4.08. The monoisotopic (exact) mass is 819 g/mol. The molecule has 0 saturated heterocycles. The molecule has 2 aliphatic carbocycles. The van der Waals surface area contributed by atoms with Gasteiger partial charge in [0.1, 0.15) is 41.0 Å². The number of carbonyl (C=O) groups excluding carboxylic acids is 1. The average Bonchev–Trinajstić information content (AvgIpc) is 3.61. The average molecular weight is 820 g/mol. The van der Waals surface area contributed by atoms with E-state index in [9.17, 15) is 40.3 Å². The molecule has 5 aromatic rings. The lowest BCUT2D eigenvalue weighted by Crippen LogP contribution is -2.24. The van der Waals surface area contributed by atoms with E-state index in [-0.39, 0.29) is 57.5 Å². The van der Waals surface area contributed by atoms with Crippen molar-refractivity contribution in [3.8, 4) is 23.0 Å².